The minimum atomic E-state index is -1.26. The Balaban J connectivity index is 1.72. The summed E-state index contributed by atoms with van der Waals surface area (Å²) < 4.78 is 14.1. The summed E-state index contributed by atoms with van der Waals surface area (Å²) in [5, 5.41) is 0. The van der Waals surface area contributed by atoms with Gasteiger partial charge in [0.25, 0.3) is 0 Å². The maximum absolute atomic E-state index is 14.1. The molecule has 3 heteroatoms. The first-order valence-corrected chi connectivity index (χ1v) is 8.49. The van der Waals surface area contributed by atoms with E-state index in [2.05, 4.69) is 13.0 Å². The van der Waals surface area contributed by atoms with Crippen LogP contribution in [0.3, 0.4) is 0 Å². The summed E-state index contributed by atoms with van der Waals surface area (Å²) in [7, 11) is 0. The quantitative estimate of drug-likeness (QED) is 0.682. The third-order valence-corrected chi connectivity index (χ3v) is 7.25. The van der Waals surface area contributed by atoms with Gasteiger partial charge in [0.05, 0.1) is 0 Å². The van der Waals surface area contributed by atoms with Crippen molar-refractivity contribution in [1.82, 2.24) is 0 Å². The Bertz CT molecular complexity index is 619. The number of alkyl halides is 1. The highest BCUT2D eigenvalue weighted by Gasteiger charge is 2.61. The lowest BCUT2D eigenvalue weighted by Crippen LogP contribution is -2.49. The van der Waals surface area contributed by atoms with Gasteiger partial charge in [0.15, 0.2) is 17.7 Å². The number of fused-ring (bicyclic) bond motifs is 5. The maximum atomic E-state index is 14.1. The molecule has 0 heterocycles. The van der Waals surface area contributed by atoms with Crippen molar-refractivity contribution in [2.75, 3.05) is 0 Å². The van der Waals surface area contributed by atoms with Gasteiger partial charge in [0, 0.05) is 10.8 Å². The minimum Gasteiger partial charge on any atom is -0.296 e. The van der Waals surface area contributed by atoms with E-state index < -0.39 is 11.6 Å². The molecule has 0 amide bonds. The second-order valence-corrected chi connectivity index (χ2v) is 8.13. The van der Waals surface area contributed by atoms with E-state index in [1.165, 1.54) is 5.57 Å². The van der Waals surface area contributed by atoms with Crippen molar-refractivity contribution in [2.24, 2.45) is 28.6 Å². The molecule has 4 rings (SSSR count). The number of halogens is 1. The number of allylic oxidation sites excluding steroid dienone is 4. The molecule has 0 N–H and O–H groups in total. The summed E-state index contributed by atoms with van der Waals surface area (Å²) in [5.41, 5.74) is 0.716. The van der Waals surface area contributed by atoms with Gasteiger partial charge in [-0.3, -0.25) is 9.59 Å². The molecule has 0 aromatic rings. The summed E-state index contributed by atoms with van der Waals surface area (Å²) >= 11 is 0. The SMILES string of the molecule is C[C@]12C=CC(=O)C=C1CC[C@@H]1[C@@H]2CC[C@]2(C)C(=O)[C@H](F)C[C@@H]12. The summed E-state index contributed by atoms with van der Waals surface area (Å²) in [5.74, 6) is 0.956. The zero-order valence-electron chi connectivity index (χ0n) is 13.3. The van der Waals surface area contributed by atoms with E-state index in [9.17, 15) is 14.0 Å². The Labute approximate surface area is 130 Å². The van der Waals surface area contributed by atoms with E-state index in [0.29, 0.717) is 18.3 Å². The largest absolute Gasteiger partial charge is 0.296 e. The molecule has 4 aliphatic carbocycles. The molecular formula is C19H23FO2. The predicted molar refractivity (Wildman–Crippen MR) is 81.9 cm³/mol. The van der Waals surface area contributed by atoms with Gasteiger partial charge < -0.3 is 0 Å². The van der Waals surface area contributed by atoms with Crippen molar-refractivity contribution in [3.8, 4) is 0 Å². The number of hydrogen-bond donors (Lipinski definition) is 0. The van der Waals surface area contributed by atoms with Gasteiger partial charge >= 0.3 is 0 Å². The Kier molecular flexibility index (Phi) is 2.87. The van der Waals surface area contributed by atoms with Crippen LogP contribution in [0.1, 0.15) is 46.0 Å². The van der Waals surface area contributed by atoms with Crippen molar-refractivity contribution in [1.29, 1.82) is 0 Å². The molecule has 0 aromatic carbocycles. The van der Waals surface area contributed by atoms with Crippen LogP contribution in [-0.2, 0) is 9.59 Å². The smallest absolute Gasteiger partial charge is 0.178 e. The van der Waals surface area contributed by atoms with Crippen LogP contribution in [-0.4, -0.2) is 17.7 Å². The second kappa shape index (κ2) is 4.39. The van der Waals surface area contributed by atoms with Crippen molar-refractivity contribution in [3.05, 3.63) is 23.8 Å². The summed E-state index contributed by atoms with van der Waals surface area (Å²) in [6.07, 6.45) is 8.38. The third-order valence-electron chi connectivity index (χ3n) is 7.25. The van der Waals surface area contributed by atoms with Crippen LogP contribution in [0.4, 0.5) is 4.39 Å². The number of carbonyl (C=O) groups excluding carboxylic acids is 2. The first-order chi connectivity index (χ1) is 10.4. The summed E-state index contributed by atoms with van der Waals surface area (Å²) in [6.45, 7) is 4.22. The Morgan fingerprint density at radius 2 is 1.95 bits per heavy atom. The van der Waals surface area contributed by atoms with Crippen molar-refractivity contribution in [2.45, 2.75) is 52.1 Å². The third kappa shape index (κ3) is 1.65. The van der Waals surface area contributed by atoms with Gasteiger partial charge in [-0.15, -0.1) is 0 Å². The van der Waals surface area contributed by atoms with E-state index in [1.807, 2.05) is 13.0 Å². The average molecular weight is 302 g/mol. The van der Waals surface area contributed by atoms with Crippen LogP contribution in [0.5, 0.6) is 0 Å². The molecule has 0 aliphatic heterocycles. The molecule has 4 aliphatic rings. The van der Waals surface area contributed by atoms with E-state index in [-0.39, 0.29) is 22.9 Å². The van der Waals surface area contributed by atoms with Crippen LogP contribution in [0.25, 0.3) is 0 Å². The second-order valence-electron chi connectivity index (χ2n) is 8.13. The maximum Gasteiger partial charge on any atom is 0.178 e. The zero-order valence-corrected chi connectivity index (χ0v) is 13.3. The fourth-order valence-corrected chi connectivity index (χ4v) is 5.95. The number of rotatable bonds is 0. The van der Waals surface area contributed by atoms with E-state index >= 15 is 0 Å². The van der Waals surface area contributed by atoms with Crippen molar-refractivity contribution < 1.29 is 14.0 Å². The molecule has 6 atom stereocenters. The lowest BCUT2D eigenvalue weighted by Gasteiger charge is -2.55. The van der Waals surface area contributed by atoms with Crippen LogP contribution in [0, 0.1) is 28.6 Å². The molecule has 118 valence electrons. The molecule has 0 saturated heterocycles. The lowest BCUT2D eigenvalue weighted by atomic mass is 9.48. The first-order valence-electron chi connectivity index (χ1n) is 8.49. The van der Waals surface area contributed by atoms with Crippen molar-refractivity contribution in [3.63, 3.8) is 0 Å². The topological polar surface area (TPSA) is 34.1 Å². The number of ketones is 2. The zero-order chi connectivity index (χ0) is 15.7. The predicted octanol–water partition coefficient (Wildman–Crippen LogP) is 3.81. The van der Waals surface area contributed by atoms with Gasteiger partial charge in [-0.1, -0.05) is 25.5 Å². The monoisotopic (exact) mass is 302 g/mol. The molecular weight excluding hydrogens is 279 g/mol. The molecule has 22 heavy (non-hydrogen) atoms. The van der Waals surface area contributed by atoms with Crippen LogP contribution >= 0.6 is 0 Å². The highest BCUT2D eigenvalue weighted by atomic mass is 19.1. The van der Waals surface area contributed by atoms with Crippen LogP contribution in [0.15, 0.2) is 23.8 Å². The summed E-state index contributed by atoms with van der Waals surface area (Å²) in [6, 6.07) is 0. The summed E-state index contributed by atoms with van der Waals surface area (Å²) in [4.78, 5) is 24.0. The van der Waals surface area contributed by atoms with Gasteiger partial charge in [-0.05, 0) is 62.0 Å². The molecule has 0 spiro atoms. The highest BCUT2D eigenvalue weighted by Crippen LogP contribution is 2.63. The molecule has 3 fully saturated rings. The van der Waals surface area contributed by atoms with Crippen LogP contribution < -0.4 is 0 Å². The van der Waals surface area contributed by atoms with Gasteiger partial charge in [0.2, 0.25) is 0 Å². The Morgan fingerprint density at radius 3 is 2.73 bits per heavy atom. The average Bonchev–Trinajstić information content (AvgIpc) is 2.72. The van der Waals surface area contributed by atoms with E-state index in [1.54, 1.807) is 6.08 Å². The fourth-order valence-electron chi connectivity index (χ4n) is 5.95. The molecule has 0 bridgehead atoms. The van der Waals surface area contributed by atoms with Gasteiger partial charge in [0.1, 0.15) is 0 Å². The first kappa shape index (κ1) is 14.3. The van der Waals surface area contributed by atoms with Crippen molar-refractivity contribution >= 4 is 11.6 Å². The van der Waals surface area contributed by atoms with Gasteiger partial charge in [-0.25, -0.2) is 4.39 Å². The molecule has 3 saturated carbocycles. The fraction of sp³-hybridized carbons (Fsp3) is 0.684. The minimum absolute atomic E-state index is 0.0738. The molecule has 2 nitrogen and oxygen atoms in total. The lowest BCUT2D eigenvalue weighted by molar-refractivity contribution is -0.134. The Hall–Kier alpha value is -1.25. The standard InChI is InChI=1S/C19H23FO2/c1-18-7-5-12(21)9-11(18)3-4-13-14(18)6-8-19(2)15(13)10-16(20)17(19)22/h5,7,9,13-16H,3-4,6,8,10H2,1-2H3/t13-,14+,15+,16-,18+,19+/m1/s1. The normalized spacial score (nSPS) is 50.2. The van der Waals surface area contributed by atoms with Gasteiger partial charge in [-0.2, -0.15) is 0 Å². The molecule has 0 radical (unpaired) electrons. The van der Waals surface area contributed by atoms with E-state index in [4.69, 9.17) is 0 Å². The molecule has 0 aromatic heterocycles. The number of Topliss-reactive ketones (excluding diaryl/α,β-unsaturated/α-hetero) is 1. The highest BCUT2D eigenvalue weighted by molar-refractivity contribution is 6.01. The number of hydrogen-bond acceptors (Lipinski definition) is 2. The van der Waals surface area contributed by atoms with E-state index in [0.717, 1.165) is 25.7 Å². The number of carbonyl (C=O) groups is 2. The Morgan fingerprint density at radius 1 is 1.18 bits per heavy atom. The van der Waals surface area contributed by atoms with Crippen LogP contribution in [0.2, 0.25) is 0 Å². The molecule has 0 unspecified atom stereocenters.